The first-order valence-electron chi connectivity index (χ1n) is 7.36. The van der Waals surface area contributed by atoms with Gasteiger partial charge in [0.25, 0.3) is 0 Å². The molecule has 0 amide bonds. The number of aromatic nitrogens is 2. The van der Waals surface area contributed by atoms with Gasteiger partial charge in [-0.1, -0.05) is 30.0 Å². The second kappa shape index (κ2) is 6.54. The molecule has 1 fully saturated rings. The van der Waals surface area contributed by atoms with Crippen LogP contribution >= 0.6 is 11.8 Å². The molecule has 1 saturated heterocycles. The zero-order valence-corrected chi connectivity index (χ0v) is 13.4. The summed E-state index contributed by atoms with van der Waals surface area (Å²) in [6.07, 6.45) is 5.24. The van der Waals surface area contributed by atoms with Gasteiger partial charge in [-0.15, -0.1) is 0 Å². The van der Waals surface area contributed by atoms with Crippen molar-refractivity contribution in [1.29, 1.82) is 0 Å². The van der Waals surface area contributed by atoms with Gasteiger partial charge in [0.1, 0.15) is 0 Å². The summed E-state index contributed by atoms with van der Waals surface area (Å²) in [6.45, 7) is 3.09. The highest BCUT2D eigenvalue weighted by Gasteiger charge is 2.22. The van der Waals surface area contributed by atoms with Crippen LogP contribution in [0.3, 0.4) is 0 Å². The Labute approximate surface area is 130 Å². The lowest BCUT2D eigenvalue weighted by molar-refractivity contribution is 0.534. The molecule has 3 rings (SSSR count). The van der Waals surface area contributed by atoms with Gasteiger partial charge in [0.05, 0.1) is 11.9 Å². The number of anilines is 1. The van der Waals surface area contributed by atoms with Crippen LogP contribution in [0, 0.1) is 0 Å². The molecule has 0 saturated carbocycles. The maximum absolute atomic E-state index is 4.42. The van der Waals surface area contributed by atoms with Gasteiger partial charge in [-0.3, -0.25) is 0 Å². The van der Waals surface area contributed by atoms with Gasteiger partial charge in [-0.2, -0.15) is 0 Å². The monoisotopic (exact) mass is 302 g/mol. The lowest BCUT2D eigenvalue weighted by atomic mass is 10.2. The highest BCUT2D eigenvalue weighted by atomic mass is 32.2. The molecule has 0 radical (unpaired) electrons. The van der Waals surface area contributed by atoms with Gasteiger partial charge in [0.15, 0.2) is 5.16 Å². The van der Waals surface area contributed by atoms with Crippen LogP contribution in [0.5, 0.6) is 0 Å². The largest absolute Gasteiger partial charge is 0.370 e. The molecule has 1 atom stereocenters. The topological polar surface area (TPSA) is 33.1 Å². The van der Waals surface area contributed by atoms with Gasteiger partial charge >= 0.3 is 0 Å². The summed E-state index contributed by atoms with van der Waals surface area (Å²) in [5.41, 5.74) is 2.57. The fraction of sp³-hybridized carbons (Fsp3) is 0.438. The normalized spacial score (nSPS) is 18.4. The molecule has 0 aliphatic carbocycles. The predicted molar refractivity (Wildman–Crippen MR) is 88.9 cm³/mol. The zero-order valence-electron chi connectivity index (χ0n) is 12.6. The molecule has 1 aromatic heterocycles. The van der Waals surface area contributed by atoms with Crippen molar-refractivity contribution in [2.24, 2.45) is 7.05 Å². The van der Waals surface area contributed by atoms with E-state index in [0.29, 0.717) is 6.04 Å². The summed E-state index contributed by atoms with van der Waals surface area (Å²) in [5.74, 6) is 0. The Morgan fingerprint density at radius 2 is 2.14 bits per heavy atom. The van der Waals surface area contributed by atoms with Gasteiger partial charge in [-0.25, -0.2) is 4.98 Å². The van der Waals surface area contributed by atoms with Crippen molar-refractivity contribution in [2.75, 3.05) is 24.2 Å². The van der Waals surface area contributed by atoms with Crippen LogP contribution in [-0.2, 0) is 13.6 Å². The van der Waals surface area contributed by atoms with Crippen LogP contribution in [0.15, 0.2) is 41.7 Å². The quantitative estimate of drug-likeness (QED) is 0.860. The number of nitrogens with one attached hydrogen (secondary N) is 1. The molecule has 1 unspecified atom stereocenters. The number of thioether (sulfide) groups is 1. The van der Waals surface area contributed by atoms with E-state index in [0.717, 1.165) is 24.8 Å². The summed E-state index contributed by atoms with van der Waals surface area (Å²) in [5, 5.41) is 4.74. The van der Waals surface area contributed by atoms with Crippen molar-refractivity contribution in [3.63, 3.8) is 0 Å². The van der Waals surface area contributed by atoms with E-state index in [4.69, 9.17) is 0 Å². The summed E-state index contributed by atoms with van der Waals surface area (Å²) in [4.78, 5) is 6.87. The lowest BCUT2D eigenvalue weighted by Crippen LogP contribution is -2.32. The Kier molecular flexibility index (Phi) is 4.51. The Morgan fingerprint density at radius 3 is 2.86 bits per heavy atom. The summed E-state index contributed by atoms with van der Waals surface area (Å²) < 4.78 is 2.17. The fourth-order valence-corrected chi connectivity index (χ4v) is 3.38. The first-order chi connectivity index (χ1) is 10.3. The van der Waals surface area contributed by atoms with E-state index in [1.807, 2.05) is 6.20 Å². The van der Waals surface area contributed by atoms with Crippen molar-refractivity contribution in [3.05, 3.63) is 42.2 Å². The maximum atomic E-state index is 4.42. The van der Waals surface area contributed by atoms with Crippen LogP contribution in [0.1, 0.15) is 12.1 Å². The Balaban J connectivity index is 1.54. The van der Waals surface area contributed by atoms with Gasteiger partial charge in [0.2, 0.25) is 0 Å². The smallest absolute Gasteiger partial charge is 0.167 e. The van der Waals surface area contributed by atoms with Crippen molar-refractivity contribution >= 4 is 17.4 Å². The number of nitrogens with zero attached hydrogens (tertiary/aromatic N) is 3. The molecule has 5 heteroatoms. The molecule has 0 bridgehead atoms. The van der Waals surface area contributed by atoms with Crippen molar-refractivity contribution in [2.45, 2.75) is 24.2 Å². The number of hydrogen-bond donors (Lipinski definition) is 1. The van der Waals surface area contributed by atoms with E-state index in [1.54, 1.807) is 11.8 Å². The van der Waals surface area contributed by atoms with Crippen LogP contribution in [0.4, 0.5) is 5.69 Å². The molecule has 1 aliphatic heterocycles. The van der Waals surface area contributed by atoms with Crippen LogP contribution in [0.25, 0.3) is 0 Å². The minimum Gasteiger partial charge on any atom is -0.370 e. The third-order valence-electron chi connectivity index (χ3n) is 4.11. The Morgan fingerprint density at radius 1 is 1.33 bits per heavy atom. The minimum atomic E-state index is 0.554. The third-order valence-corrected chi connectivity index (χ3v) is 4.85. The first-order valence-corrected chi connectivity index (χ1v) is 8.58. The number of imidazole rings is 1. The molecule has 0 spiro atoms. The van der Waals surface area contributed by atoms with Crippen molar-refractivity contribution in [3.8, 4) is 0 Å². The molecule has 21 heavy (non-hydrogen) atoms. The molecule has 1 aliphatic rings. The first kappa shape index (κ1) is 14.5. The summed E-state index contributed by atoms with van der Waals surface area (Å²) in [7, 11) is 2.08. The van der Waals surface area contributed by atoms with Crippen LogP contribution < -0.4 is 10.2 Å². The van der Waals surface area contributed by atoms with E-state index in [9.17, 15) is 0 Å². The van der Waals surface area contributed by atoms with E-state index in [-0.39, 0.29) is 0 Å². The molecule has 2 heterocycles. The van der Waals surface area contributed by atoms with Gasteiger partial charge < -0.3 is 14.8 Å². The summed E-state index contributed by atoms with van der Waals surface area (Å²) >= 11 is 1.69. The minimum absolute atomic E-state index is 0.554. The van der Waals surface area contributed by atoms with E-state index in [2.05, 4.69) is 63.4 Å². The SMILES string of the molecule is CSc1ncc(CNC2CCN(c3ccccc3)C2)n1C. The Bertz CT molecular complexity index is 581. The Hall–Kier alpha value is -1.46. The van der Waals surface area contributed by atoms with Crippen molar-refractivity contribution in [1.82, 2.24) is 14.9 Å². The molecule has 2 aromatic rings. The maximum Gasteiger partial charge on any atom is 0.167 e. The predicted octanol–water partition coefficient (Wildman–Crippen LogP) is 2.51. The van der Waals surface area contributed by atoms with E-state index < -0.39 is 0 Å². The van der Waals surface area contributed by atoms with Gasteiger partial charge in [0, 0.05) is 38.4 Å². The molecular weight excluding hydrogens is 280 g/mol. The molecular formula is C16H22N4S. The third kappa shape index (κ3) is 3.24. The highest BCUT2D eigenvalue weighted by Crippen LogP contribution is 2.20. The standard InChI is InChI=1S/C16H22N4S/c1-19-15(11-18-16(19)21-2)10-17-13-8-9-20(12-13)14-6-4-3-5-7-14/h3-7,11,13,17H,8-10,12H2,1-2H3. The van der Waals surface area contributed by atoms with Crippen LogP contribution in [-0.4, -0.2) is 34.9 Å². The lowest BCUT2D eigenvalue weighted by Gasteiger charge is -2.19. The fourth-order valence-electron chi connectivity index (χ4n) is 2.83. The number of benzene rings is 1. The highest BCUT2D eigenvalue weighted by molar-refractivity contribution is 7.98. The number of hydrogen-bond acceptors (Lipinski definition) is 4. The number of rotatable bonds is 5. The van der Waals surface area contributed by atoms with E-state index >= 15 is 0 Å². The average molecular weight is 302 g/mol. The molecule has 112 valence electrons. The van der Waals surface area contributed by atoms with E-state index in [1.165, 1.54) is 17.8 Å². The second-order valence-electron chi connectivity index (χ2n) is 5.44. The second-order valence-corrected chi connectivity index (χ2v) is 6.22. The molecule has 4 nitrogen and oxygen atoms in total. The van der Waals surface area contributed by atoms with Crippen LogP contribution in [0.2, 0.25) is 0 Å². The zero-order chi connectivity index (χ0) is 14.7. The number of para-hydroxylation sites is 1. The molecule has 1 aromatic carbocycles. The van der Waals surface area contributed by atoms with Gasteiger partial charge in [-0.05, 0) is 24.8 Å². The molecule has 1 N–H and O–H groups in total. The van der Waals surface area contributed by atoms with Crippen molar-refractivity contribution < 1.29 is 0 Å². The average Bonchev–Trinajstić information content (AvgIpc) is 3.13. The summed E-state index contributed by atoms with van der Waals surface area (Å²) in [6, 6.07) is 11.2.